The summed E-state index contributed by atoms with van der Waals surface area (Å²) in [7, 11) is -4.08. The van der Waals surface area contributed by atoms with Crippen LogP contribution in [-0.2, 0) is 29.7 Å². The monoisotopic (exact) mass is 556 g/mol. The summed E-state index contributed by atoms with van der Waals surface area (Å²) in [6.07, 6.45) is 3.36. The fourth-order valence-electron chi connectivity index (χ4n) is 3.58. The third kappa shape index (κ3) is 7.15. The van der Waals surface area contributed by atoms with Crippen LogP contribution in [0.1, 0.15) is 16.7 Å². The minimum Gasteiger partial charge on any atom is -0.358 e. The van der Waals surface area contributed by atoms with Gasteiger partial charge >= 0.3 is 0 Å². The van der Waals surface area contributed by atoms with Crippen LogP contribution in [-0.4, -0.2) is 22.8 Å². The molecule has 0 aliphatic heterocycles. The van der Waals surface area contributed by atoms with Gasteiger partial charge in [0.05, 0.1) is 4.90 Å². The van der Waals surface area contributed by atoms with Crippen molar-refractivity contribution < 1.29 is 21.6 Å². The molecule has 1 heterocycles. The van der Waals surface area contributed by atoms with Crippen LogP contribution in [0.4, 0.5) is 18.9 Å². The van der Waals surface area contributed by atoms with Crippen LogP contribution < -0.4 is 10.6 Å². The molecule has 38 heavy (non-hydrogen) atoms. The van der Waals surface area contributed by atoms with Crippen LogP contribution in [0, 0.1) is 17.5 Å². The van der Waals surface area contributed by atoms with Crippen molar-refractivity contribution in [3.05, 3.63) is 125 Å². The predicted molar refractivity (Wildman–Crippen MR) is 143 cm³/mol. The number of nitrogens with zero attached hydrogens (tertiary/aromatic N) is 2. The van der Waals surface area contributed by atoms with E-state index in [1.54, 1.807) is 24.5 Å². The maximum Gasteiger partial charge on any atom is 0.243 e. The third-order valence-corrected chi connectivity index (χ3v) is 7.62. The summed E-state index contributed by atoms with van der Waals surface area (Å²) < 4.78 is 68.9. The Morgan fingerprint density at radius 3 is 2.08 bits per heavy atom. The minimum absolute atomic E-state index is 0.0107. The van der Waals surface area contributed by atoms with E-state index in [1.807, 2.05) is 12.1 Å². The number of hydrogen-bond acceptors (Lipinski definition) is 4. The number of rotatable bonds is 9. The summed E-state index contributed by atoms with van der Waals surface area (Å²) in [5.41, 5.74) is 2.36. The highest BCUT2D eigenvalue weighted by Crippen LogP contribution is 2.23. The molecule has 0 bridgehead atoms. The van der Waals surface area contributed by atoms with E-state index in [0.29, 0.717) is 22.9 Å². The Balaban J connectivity index is 1.51. The summed E-state index contributed by atoms with van der Waals surface area (Å²) >= 11 is 5.31. The number of thiocarbonyl (C=S) groups is 1. The predicted octanol–water partition coefficient (Wildman–Crippen LogP) is 5.38. The summed E-state index contributed by atoms with van der Waals surface area (Å²) in [5.74, 6) is -2.57. The van der Waals surface area contributed by atoms with Crippen molar-refractivity contribution in [2.45, 2.75) is 24.5 Å². The highest BCUT2D eigenvalue weighted by atomic mass is 32.2. The molecule has 4 aromatic rings. The average Bonchev–Trinajstić information content (AvgIpc) is 2.91. The van der Waals surface area contributed by atoms with Gasteiger partial charge in [-0.05, 0) is 89.6 Å². The van der Waals surface area contributed by atoms with E-state index < -0.39 is 27.5 Å². The Labute approximate surface area is 224 Å². The molecule has 0 fully saturated rings. The third-order valence-electron chi connectivity index (χ3n) is 5.57. The Bertz CT molecular complexity index is 1500. The zero-order valence-electron chi connectivity index (χ0n) is 19.9. The van der Waals surface area contributed by atoms with Crippen LogP contribution in [0.5, 0.6) is 0 Å². The van der Waals surface area contributed by atoms with Gasteiger partial charge in [0.25, 0.3) is 0 Å². The molecule has 0 spiro atoms. The number of aromatic nitrogens is 1. The number of nitrogens with one attached hydrogen (secondary N) is 2. The van der Waals surface area contributed by atoms with E-state index in [4.69, 9.17) is 12.2 Å². The molecule has 6 nitrogen and oxygen atoms in total. The molecule has 0 aliphatic carbocycles. The molecule has 0 radical (unpaired) electrons. The Morgan fingerprint density at radius 1 is 0.789 bits per heavy atom. The van der Waals surface area contributed by atoms with Gasteiger partial charge in [-0.25, -0.2) is 21.6 Å². The minimum atomic E-state index is -4.08. The second kappa shape index (κ2) is 12.2. The summed E-state index contributed by atoms with van der Waals surface area (Å²) in [4.78, 5) is 3.95. The zero-order chi connectivity index (χ0) is 27.1. The lowest BCUT2D eigenvalue weighted by Crippen LogP contribution is -2.30. The lowest BCUT2D eigenvalue weighted by molar-refractivity contribution is 0.399. The van der Waals surface area contributed by atoms with Gasteiger partial charge in [0, 0.05) is 37.7 Å². The Kier molecular flexibility index (Phi) is 8.72. The first-order valence-corrected chi connectivity index (χ1v) is 13.3. The van der Waals surface area contributed by atoms with Gasteiger partial charge in [0.15, 0.2) is 16.7 Å². The van der Waals surface area contributed by atoms with E-state index in [1.165, 1.54) is 42.5 Å². The molecule has 0 atom stereocenters. The number of sulfonamides is 1. The standard InChI is InChI=1S/C27H23F3N4O2S2/c28-22-4-1-20(2-5-22)17-34(18-21-3-10-25(29)26(30)15-21)38(35,36)24-8-6-23(7-9-24)33-27(37)32-16-19-11-13-31-14-12-19/h1-15H,16-18H2,(H2,32,33,37). The first-order valence-electron chi connectivity index (χ1n) is 11.4. The molecule has 0 saturated heterocycles. The Hall–Kier alpha value is -3.80. The number of hydrogen-bond donors (Lipinski definition) is 2. The van der Waals surface area contributed by atoms with Crippen LogP contribution in [0.3, 0.4) is 0 Å². The van der Waals surface area contributed by atoms with Gasteiger partial charge in [-0.15, -0.1) is 0 Å². The van der Waals surface area contributed by atoms with E-state index >= 15 is 0 Å². The topological polar surface area (TPSA) is 74.3 Å². The maximum atomic E-state index is 13.8. The fraction of sp³-hybridized carbons (Fsp3) is 0.111. The second-order valence-electron chi connectivity index (χ2n) is 8.34. The second-order valence-corrected chi connectivity index (χ2v) is 10.7. The van der Waals surface area contributed by atoms with Crippen molar-refractivity contribution in [3.8, 4) is 0 Å². The molecule has 1 aromatic heterocycles. The van der Waals surface area contributed by atoms with E-state index in [-0.39, 0.29) is 23.5 Å². The van der Waals surface area contributed by atoms with Crippen LogP contribution in [0.25, 0.3) is 0 Å². The van der Waals surface area contributed by atoms with E-state index in [9.17, 15) is 21.6 Å². The van der Waals surface area contributed by atoms with Crippen molar-refractivity contribution in [2.75, 3.05) is 5.32 Å². The van der Waals surface area contributed by atoms with Gasteiger partial charge in [-0.1, -0.05) is 18.2 Å². The first kappa shape index (κ1) is 27.2. The number of pyridine rings is 1. The number of anilines is 1. The number of benzene rings is 3. The quantitative estimate of drug-likeness (QED) is 0.270. The van der Waals surface area contributed by atoms with Gasteiger partial charge in [-0.2, -0.15) is 4.31 Å². The largest absolute Gasteiger partial charge is 0.358 e. The van der Waals surface area contributed by atoms with Gasteiger partial charge in [-0.3, -0.25) is 4.98 Å². The van der Waals surface area contributed by atoms with Crippen LogP contribution in [0.15, 0.2) is 96.2 Å². The summed E-state index contributed by atoms with van der Waals surface area (Å²) in [5, 5.41) is 6.41. The smallest absolute Gasteiger partial charge is 0.243 e. The molecular weight excluding hydrogens is 533 g/mol. The highest BCUT2D eigenvalue weighted by Gasteiger charge is 2.25. The van der Waals surface area contributed by atoms with E-state index in [2.05, 4.69) is 15.6 Å². The molecular formula is C27H23F3N4O2S2. The molecule has 4 rings (SSSR count). The zero-order valence-corrected chi connectivity index (χ0v) is 21.6. The van der Waals surface area contributed by atoms with E-state index in [0.717, 1.165) is 22.0 Å². The highest BCUT2D eigenvalue weighted by molar-refractivity contribution is 7.89. The molecule has 0 unspecified atom stereocenters. The van der Waals surface area contributed by atoms with Crippen molar-refractivity contribution in [2.24, 2.45) is 0 Å². The summed E-state index contributed by atoms with van der Waals surface area (Å²) in [6, 6.07) is 18.3. The SMILES string of the molecule is O=S(=O)(c1ccc(NC(=S)NCc2ccncc2)cc1)N(Cc1ccc(F)cc1)Cc1ccc(F)c(F)c1. The van der Waals surface area contributed by atoms with Crippen molar-refractivity contribution in [1.82, 2.24) is 14.6 Å². The molecule has 2 N–H and O–H groups in total. The molecule has 11 heteroatoms. The molecule has 0 amide bonds. The van der Waals surface area contributed by atoms with Crippen molar-refractivity contribution in [1.29, 1.82) is 0 Å². The van der Waals surface area contributed by atoms with Gasteiger partial charge in [0.1, 0.15) is 5.82 Å². The van der Waals surface area contributed by atoms with Gasteiger partial charge < -0.3 is 10.6 Å². The molecule has 0 aliphatic rings. The maximum absolute atomic E-state index is 13.8. The van der Waals surface area contributed by atoms with Crippen LogP contribution >= 0.6 is 12.2 Å². The van der Waals surface area contributed by atoms with Gasteiger partial charge in [0.2, 0.25) is 10.0 Å². The van der Waals surface area contributed by atoms with Crippen molar-refractivity contribution >= 4 is 33.0 Å². The number of halogens is 3. The molecule has 3 aromatic carbocycles. The lowest BCUT2D eigenvalue weighted by Gasteiger charge is -2.23. The average molecular weight is 557 g/mol. The fourth-order valence-corrected chi connectivity index (χ4v) is 5.18. The Morgan fingerprint density at radius 2 is 1.42 bits per heavy atom. The lowest BCUT2D eigenvalue weighted by atomic mass is 10.2. The normalized spacial score (nSPS) is 11.4. The summed E-state index contributed by atoms with van der Waals surface area (Å²) in [6.45, 7) is 0.160. The van der Waals surface area contributed by atoms with Crippen LogP contribution in [0.2, 0.25) is 0 Å². The molecule has 0 saturated carbocycles. The first-order chi connectivity index (χ1) is 18.2. The molecule has 196 valence electrons. The van der Waals surface area contributed by atoms with Crippen molar-refractivity contribution in [3.63, 3.8) is 0 Å².